The van der Waals surface area contributed by atoms with Crippen molar-refractivity contribution >= 4 is 6.09 Å². The molecule has 116 valence electrons. The summed E-state index contributed by atoms with van der Waals surface area (Å²) in [6, 6.07) is 2.37. The van der Waals surface area contributed by atoms with Crippen molar-refractivity contribution < 1.29 is 28.2 Å². The molecule has 7 heteroatoms. The number of rotatable bonds is 2. The molecular formula is C14H17F2NO4. The molecule has 1 aromatic rings. The molecule has 5 nitrogen and oxygen atoms in total. The molecule has 1 amide bonds. The lowest BCUT2D eigenvalue weighted by Gasteiger charge is -2.32. The number of benzene rings is 1. The number of nitrogens with one attached hydrogen (secondary N) is 1. The summed E-state index contributed by atoms with van der Waals surface area (Å²) in [4.78, 5) is 11.2. The summed E-state index contributed by atoms with van der Waals surface area (Å²) in [6.45, 7) is 4.40. The van der Waals surface area contributed by atoms with Crippen LogP contribution in [0.5, 0.6) is 11.5 Å². The number of carbonyl (C=O) groups is 1. The highest BCUT2D eigenvalue weighted by molar-refractivity contribution is 5.69. The predicted octanol–water partition coefficient (Wildman–Crippen LogP) is 2.99. The van der Waals surface area contributed by atoms with Gasteiger partial charge in [0.15, 0.2) is 6.61 Å². The summed E-state index contributed by atoms with van der Waals surface area (Å²) in [7, 11) is 0. The average Bonchev–Trinajstić information content (AvgIpc) is 2.33. The monoisotopic (exact) mass is 301 g/mol. The normalized spacial score (nSPS) is 21.4. The molecule has 1 saturated heterocycles. The molecular weight excluding hydrogens is 284 g/mol. The molecule has 1 aliphatic heterocycles. The van der Waals surface area contributed by atoms with Crippen molar-refractivity contribution in [3.05, 3.63) is 23.8 Å². The molecule has 1 aliphatic rings. The van der Waals surface area contributed by atoms with E-state index in [1.165, 1.54) is 18.2 Å². The summed E-state index contributed by atoms with van der Waals surface area (Å²) in [5.74, 6) is -3.35. The first-order valence-corrected chi connectivity index (χ1v) is 6.41. The second-order valence-corrected chi connectivity index (χ2v) is 5.85. The minimum atomic E-state index is -3.33. The molecule has 1 aromatic carbocycles. The summed E-state index contributed by atoms with van der Waals surface area (Å²) in [5.41, 5.74) is -0.631. The standard InChI is InChI=1S/C14H17F2NO4/c1-13(2,3)21-8-4-5-10(18)9(6-8)11-14(15,16)7-20-12(19)17-11/h4-6,11,18H,7H2,1-3H3,(H,17,19)/t11-/m1/s1. The van der Waals surface area contributed by atoms with Gasteiger partial charge in [0.2, 0.25) is 0 Å². The van der Waals surface area contributed by atoms with Crippen LogP contribution in [0.1, 0.15) is 32.4 Å². The van der Waals surface area contributed by atoms with E-state index in [0.717, 1.165) is 0 Å². The van der Waals surface area contributed by atoms with Gasteiger partial charge in [-0.3, -0.25) is 0 Å². The van der Waals surface area contributed by atoms with Crippen LogP contribution in [-0.2, 0) is 4.74 Å². The van der Waals surface area contributed by atoms with Gasteiger partial charge in [-0.15, -0.1) is 0 Å². The first kappa shape index (κ1) is 15.3. The lowest BCUT2D eigenvalue weighted by Crippen LogP contribution is -2.49. The highest BCUT2D eigenvalue weighted by Crippen LogP contribution is 2.40. The molecule has 2 N–H and O–H groups in total. The first-order chi connectivity index (χ1) is 9.58. The molecule has 1 fully saturated rings. The van der Waals surface area contributed by atoms with E-state index in [-0.39, 0.29) is 11.3 Å². The van der Waals surface area contributed by atoms with E-state index in [9.17, 15) is 18.7 Å². The molecule has 1 atom stereocenters. The van der Waals surface area contributed by atoms with Crippen LogP contribution >= 0.6 is 0 Å². The summed E-state index contributed by atoms with van der Waals surface area (Å²) in [5, 5.41) is 11.9. The SMILES string of the molecule is CC(C)(C)Oc1ccc(O)c([C@H]2NC(=O)OCC2(F)F)c1. The highest BCUT2D eigenvalue weighted by Gasteiger charge is 2.48. The Balaban J connectivity index is 2.37. The zero-order valence-electron chi connectivity index (χ0n) is 11.9. The maximum Gasteiger partial charge on any atom is 0.408 e. The third-order valence-corrected chi connectivity index (χ3v) is 2.81. The number of halogens is 2. The number of amides is 1. The number of aromatic hydroxyl groups is 1. The van der Waals surface area contributed by atoms with E-state index in [1.54, 1.807) is 0 Å². The minimum absolute atomic E-state index is 0.113. The van der Waals surface area contributed by atoms with Crippen molar-refractivity contribution in [2.24, 2.45) is 0 Å². The molecule has 0 radical (unpaired) electrons. The number of phenolic OH excluding ortho intramolecular Hbond substituents is 1. The minimum Gasteiger partial charge on any atom is -0.508 e. The second kappa shape index (κ2) is 5.05. The third-order valence-electron chi connectivity index (χ3n) is 2.81. The van der Waals surface area contributed by atoms with Crippen LogP contribution in [0.2, 0.25) is 0 Å². The fourth-order valence-electron chi connectivity index (χ4n) is 2.00. The summed E-state index contributed by atoms with van der Waals surface area (Å²) >= 11 is 0. The summed E-state index contributed by atoms with van der Waals surface area (Å²) in [6.07, 6.45) is -0.951. The Bertz CT molecular complexity index is 554. The van der Waals surface area contributed by atoms with E-state index in [0.29, 0.717) is 5.75 Å². The van der Waals surface area contributed by atoms with Crippen molar-refractivity contribution in [3.8, 4) is 11.5 Å². The number of alkyl halides is 2. The van der Waals surface area contributed by atoms with Crippen LogP contribution in [0.25, 0.3) is 0 Å². The highest BCUT2D eigenvalue weighted by atomic mass is 19.3. The van der Waals surface area contributed by atoms with E-state index >= 15 is 0 Å². The van der Waals surface area contributed by atoms with E-state index < -0.39 is 30.3 Å². The summed E-state index contributed by atoms with van der Waals surface area (Å²) < 4.78 is 37.6. The molecule has 21 heavy (non-hydrogen) atoms. The first-order valence-electron chi connectivity index (χ1n) is 6.41. The van der Waals surface area contributed by atoms with Crippen molar-refractivity contribution in [1.29, 1.82) is 0 Å². The zero-order chi connectivity index (χ0) is 15.8. The Labute approximate surface area is 120 Å². The van der Waals surface area contributed by atoms with Gasteiger partial charge in [-0.1, -0.05) is 0 Å². The third kappa shape index (κ3) is 3.53. The topological polar surface area (TPSA) is 67.8 Å². The Morgan fingerprint density at radius 3 is 2.71 bits per heavy atom. The number of phenols is 1. The lowest BCUT2D eigenvalue weighted by atomic mass is 9.98. The maximum atomic E-state index is 13.9. The van der Waals surface area contributed by atoms with Gasteiger partial charge in [0.25, 0.3) is 0 Å². The molecule has 0 unspecified atom stereocenters. The Morgan fingerprint density at radius 2 is 2.10 bits per heavy atom. The van der Waals surface area contributed by atoms with E-state index in [4.69, 9.17) is 4.74 Å². The maximum absolute atomic E-state index is 13.9. The molecule has 1 heterocycles. The van der Waals surface area contributed by atoms with Crippen LogP contribution in [0.15, 0.2) is 18.2 Å². The van der Waals surface area contributed by atoms with Crippen LogP contribution in [-0.4, -0.2) is 29.3 Å². The van der Waals surface area contributed by atoms with Crippen LogP contribution in [0.3, 0.4) is 0 Å². The van der Waals surface area contributed by atoms with Gasteiger partial charge < -0.3 is 19.9 Å². The molecule has 0 spiro atoms. The second-order valence-electron chi connectivity index (χ2n) is 5.85. The number of ether oxygens (including phenoxy) is 2. The van der Waals surface area contributed by atoms with Crippen molar-refractivity contribution in [2.75, 3.05) is 6.61 Å². The molecule has 0 aromatic heterocycles. The van der Waals surface area contributed by atoms with Crippen LogP contribution in [0.4, 0.5) is 13.6 Å². The van der Waals surface area contributed by atoms with Gasteiger partial charge in [0, 0.05) is 5.56 Å². The fourth-order valence-corrected chi connectivity index (χ4v) is 2.00. The van der Waals surface area contributed by atoms with Gasteiger partial charge in [0.05, 0.1) is 0 Å². The van der Waals surface area contributed by atoms with E-state index in [2.05, 4.69) is 4.74 Å². The van der Waals surface area contributed by atoms with Crippen molar-refractivity contribution in [3.63, 3.8) is 0 Å². The van der Waals surface area contributed by atoms with Crippen molar-refractivity contribution in [1.82, 2.24) is 5.32 Å². The molecule has 0 saturated carbocycles. The molecule has 2 rings (SSSR count). The lowest BCUT2D eigenvalue weighted by molar-refractivity contribution is -0.104. The quantitative estimate of drug-likeness (QED) is 0.881. The number of carbonyl (C=O) groups excluding carboxylic acids is 1. The van der Waals surface area contributed by atoms with Gasteiger partial charge >= 0.3 is 12.0 Å². The van der Waals surface area contributed by atoms with Crippen LogP contribution < -0.4 is 10.1 Å². The Morgan fingerprint density at radius 1 is 1.43 bits per heavy atom. The zero-order valence-corrected chi connectivity index (χ0v) is 11.9. The van der Waals surface area contributed by atoms with Crippen molar-refractivity contribution in [2.45, 2.75) is 38.3 Å². The van der Waals surface area contributed by atoms with E-state index in [1.807, 2.05) is 26.1 Å². The number of cyclic esters (lactones) is 1. The Hall–Kier alpha value is -2.05. The number of alkyl carbamates (subject to hydrolysis) is 1. The van der Waals surface area contributed by atoms with Gasteiger partial charge in [-0.2, -0.15) is 0 Å². The molecule has 0 aliphatic carbocycles. The number of hydrogen-bond acceptors (Lipinski definition) is 4. The smallest absolute Gasteiger partial charge is 0.408 e. The largest absolute Gasteiger partial charge is 0.508 e. The van der Waals surface area contributed by atoms with Gasteiger partial charge in [-0.25, -0.2) is 13.6 Å². The van der Waals surface area contributed by atoms with Gasteiger partial charge in [-0.05, 0) is 39.0 Å². The predicted molar refractivity (Wildman–Crippen MR) is 70.7 cm³/mol. The molecule has 0 bridgehead atoms. The fraction of sp³-hybridized carbons (Fsp3) is 0.500. The van der Waals surface area contributed by atoms with Gasteiger partial charge in [0.1, 0.15) is 23.1 Å². The number of hydrogen-bond donors (Lipinski definition) is 2. The average molecular weight is 301 g/mol. The Kier molecular flexibility index (Phi) is 3.69. The van der Waals surface area contributed by atoms with Crippen LogP contribution in [0, 0.1) is 0 Å².